The van der Waals surface area contributed by atoms with Crippen LogP contribution in [0.1, 0.15) is 52.7 Å². The van der Waals surface area contributed by atoms with Crippen LogP contribution in [0.5, 0.6) is 5.75 Å². The summed E-state index contributed by atoms with van der Waals surface area (Å²) in [6.07, 6.45) is 5.51. The molecular formula is C32H28Cl2N2O2. The van der Waals surface area contributed by atoms with Crippen LogP contribution in [0, 0.1) is 17.8 Å². The fraction of sp³-hybridized carbons (Fsp3) is 0.344. The van der Waals surface area contributed by atoms with E-state index >= 15 is 0 Å². The Morgan fingerprint density at radius 1 is 0.974 bits per heavy atom. The molecule has 0 N–H and O–H groups in total. The fourth-order valence-corrected chi connectivity index (χ4v) is 7.58. The molecule has 2 saturated carbocycles. The first-order chi connectivity index (χ1) is 18.4. The van der Waals surface area contributed by atoms with Crippen LogP contribution < -0.4 is 9.64 Å². The molecular weight excluding hydrogens is 515 g/mol. The Balaban J connectivity index is 1.08. The molecule has 3 aromatic rings. The number of likely N-dealkylation sites (tertiary alicyclic amines) is 1. The van der Waals surface area contributed by atoms with Crippen LogP contribution in [0.4, 0.5) is 5.69 Å². The van der Waals surface area contributed by atoms with Crippen LogP contribution in [0.2, 0.25) is 10.0 Å². The van der Waals surface area contributed by atoms with Crippen molar-refractivity contribution in [2.24, 2.45) is 5.92 Å². The van der Waals surface area contributed by atoms with Gasteiger partial charge in [-0.1, -0.05) is 53.2 Å². The van der Waals surface area contributed by atoms with Crippen molar-refractivity contribution < 1.29 is 9.53 Å². The third kappa shape index (κ3) is 3.83. The monoisotopic (exact) mass is 542 g/mol. The Kier molecular flexibility index (Phi) is 5.74. The van der Waals surface area contributed by atoms with Gasteiger partial charge in [0, 0.05) is 46.9 Å². The van der Waals surface area contributed by atoms with E-state index in [1.54, 1.807) is 4.90 Å². The third-order valence-corrected chi connectivity index (χ3v) is 9.72. The van der Waals surface area contributed by atoms with Gasteiger partial charge in [0.15, 0.2) is 5.75 Å². The molecule has 38 heavy (non-hydrogen) atoms. The molecule has 2 aliphatic carbocycles. The van der Waals surface area contributed by atoms with Crippen molar-refractivity contribution in [1.29, 1.82) is 0 Å². The molecule has 1 spiro atoms. The summed E-state index contributed by atoms with van der Waals surface area (Å²) >= 11 is 13.4. The van der Waals surface area contributed by atoms with Crippen LogP contribution in [-0.4, -0.2) is 42.1 Å². The first-order valence-electron chi connectivity index (χ1n) is 13.3. The van der Waals surface area contributed by atoms with E-state index in [1.807, 2.05) is 60.7 Å². The number of halogens is 2. The largest absolute Gasteiger partial charge is 0.487 e. The maximum Gasteiger partial charge on any atom is 0.258 e. The van der Waals surface area contributed by atoms with Crippen LogP contribution in [0.25, 0.3) is 0 Å². The fourth-order valence-electron chi connectivity index (χ4n) is 7.02. The molecule has 1 saturated heterocycles. The smallest absolute Gasteiger partial charge is 0.258 e. The number of benzene rings is 3. The molecule has 4 nitrogen and oxygen atoms in total. The zero-order valence-electron chi connectivity index (χ0n) is 21.2. The Morgan fingerprint density at radius 2 is 1.74 bits per heavy atom. The van der Waals surface area contributed by atoms with Crippen LogP contribution in [0.3, 0.4) is 0 Å². The second-order valence-corrected chi connectivity index (χ2v) is 11.8. The molecule has 7 rings (SSSR count). The summed E-state index contributed by atoms with van der Waals surface area (Å²) in [5.74, 6) is 7.59. The number of carbonyl (C=O) groups excluding carboxylic acids is 1. The molecule has 2 aliphatic heterocycles. The topological polar surface area (TPSA) is 32.5 Å². The van der Waals surface area contributed by atoms with Crippen molar-refractivity contribution >= 4 is 34.8 Å². The van der Waals surface area contributed by atoms with Crippen LogP contribution in [-0.2, 0) is 6.42 Å². The minimum absolute atomic E-state index is 0.0556. The van der Waals surface area contributed by atoms with Gasteiger partial charge >= 0.3 is 0 Å². The maximum absolute atomic E-state index is 13.4. The summed E-state index contributed by atoms with van der Waals surface area (Å²) in [5, 5.41) is 0.902. The number of hydrogen-bond acceptors (Lipinski definition) is 3. The highest BCUT2D eigenvalue weighted by atomic mass is 35.5. The molecule has 6 heteroatoms. The predicted octanol–water partition coefficient (Wildman–Crippen LogP) is 6.60. The molecule has 192 valence electrons. The minimum Gasteiger partial charge on any atom is -0.487 e. The van der Waals surface area contributed by atoms with E-state index < -0.39 is 0 Å². The third-order valence-electron chi connectivity index (χ3n) is 9.16. The zero-order chi connectivity index (χ0) is 26.0. The number of fused-ring (bicyclic) bond motifs is 1. The Bertz CT molecular complexity index is 1480. The molecule has 0 aromatic heterocycles. The summed E-state index contributed by atoms with van der Waals surface area (Å²) in [7, 11) is 2.24. The molecule has 2 unspecified atom stereocenters. The van der Waals surface area contributed by atoms with Gasteiger partial charge in [-0.25, -0.2) is 0 Å². The Hall–Kier alpha value is -2.97. The minimum atomic E-state index is -0.0556. The lowest BCUT2D eigenvalue weighted by Crippen LogP contribution is -2.46. The summed E-state index contributed by atoms with van der Waals surface area (Å²) in [6, 6.07) is 19.9. The van der Waals surface area contributed by atoms with Gasteiger partial charge in [-0.3, -0.25) is 9.69 Å². The van der Waals surface area contributed by atoms with Gasteiger partial charge in [0.1, 0.15) is 6.10 Å². The maximum atomic E-state index is 13.4. The van der Waals surface area contributed by atoms with Gasteiger partial charge in [0.2, 0.25) is 0 Å². The first-order valence-corrected chi connectivity index (χ1v) is 14.1. The SMILES string of the molecule is CN1[C@@H]2C[C@@H](Oc3c(Cl)cc(N4CCc5cc(C#Cc6ccccc6)ccc5C4=O)cc3Cl)C[C@H]3CCC321. The molecule has 0 bridgehead atoms. The van der Waals surface area contributed by atoms with Crippen molar-refractivity contribution in [1.82, 2.24) is 4.90 Å². The van der Waals surface area contributed by atoms with E-state index in [-0.39, 0.29) is 12.0 Å². The van der Waals surface area contributed by atoms with Gasteiger partial charge in [0.05, 0.1) is 10.0 Å². The van der Waals surface area contributed by atoms with Gasteiger partial charge in [-0.2, -0.15) is 0 Å². The van der Waals surface area contributed by atoms with Crippen LogP contribution >= 0.6 is 23.2 Å². The van der Waals surface area contributed by atoms with Gasteiger partial charge in [0.25, 0.3) is 5.91 Å². The number of carbonyl (C=O) groups is 1. The average molecular weight is 543 g/mol. The van der Waals surface area contributed by atoms with E-state index in [2.05, 4.69) is 23.8 Å². The molecule has 3 fully saturated rings. The second kappa shape index (κ2) is 9.06. The van der Waals surface area contributed by atoms with Crippen molar-refractivity contribution in [2.45, 2.75) is 49.8 Å². The highest BCUT2D eigenvalue weighted by molar-refractivity contribution is 6.37. The number of anilines is 1. The number of hydrogen-bond donors (Lipinski definition) is 0. The summed E-state index contributed by atoms with van der Waals surface area (Å²) in [4.78, 5) is 17.7. The molecule has 1 amide bonds. The highest BCUT2D eigenvalue weighted by Gasteiger charge is 2.71. The van der Waals surface area contributed by atoms with Crippen LogP contribution in [0.15, 0.2) is 60.7 Å². The highest BCUT2D eigenvalue weighted by Crippen LogP contribution is 2.64. The lowest BCUT2D eigenvalue weighted by atomic mass is 9.64. The van der Waals surface area contributed by atoms with Crippen molar-refractivity contribution in [3.63, 3.8) is 0 Å². The molecule has 0 radical (unpaired) electrons. The summed E-state index contributed by atoms with van der Waals surface area (Å²) < 4.78 is 6.40. The van der Waals surface area contributed by atoms with E-state index in [1.165, 1.54) is 12.8 Å². The number of nitrogens with zero attached hydrogens (tertiary/aromatic N) is 2. The van der Waals surface area contributed by atoms with Crippen molar-refractivity contribution in [3.8, 4) is 17.6 Å². The van der Waals surface area contributed by atoms with E-state index in [9.17, 15) is 4.79 Å². The average Bonchev–Trinajstić information content (AvgIpc) is 3.53. The quantitative estimate of drug-likeness (QED) is 0.276. The number of amides is 1. The molecule has 3 aromatic carbocycles. The van der Waals surface area contributed by atoms with Gasteiger partial charge < -0.3 is 9.64 Å². The molecule has 2 heterocycles. The Morgan fingerprint density at radius 3 is 2.45 bits per heavy atom. The lowest BCUT2D eigenvalue weighted by Gasteiger charge is -2.43. The summed E-state index contributed by atoms with van der Waals surface area (Å²) in [6.45, 7) is 0.550. The normalized spacial score (nSPS) is 28.7. The van der Waals surface area contributed by atoms with Crippen molar-refractivity contribution in [3.05, 3.63) is 93.0 Å². The number of likely N-dealkylation sites (N-methyl/N-ethyl adjacent to an activating group) is 1. The Labute approximate surface area is 233 Å². The first kappa shape index (κ1) is 24.1. The molecule has 4 aliphatic rings. The predicted molar refractivity (Wildman–Crippen MR) is 151 cm³/mol. The molecule has 5 atom stereocenters. The number of rotatable bonds is 3. The standard InChI is InChI=1S/C32H28Cl2N2O2/c1-35-29-19-25(16-23-11-13-32(23,29)35)38-30-27(33)17-24(18-28(30)34)36-14-12-22-15-21(9-10-26(22)31(36)37)8-7-20-5-3-2-4-6-20/h2-6,9-10,15,17-18,23,25,29H,11-14,16,19H2,1H3/t23-,25+,29-,32?,35?/m1/s1. The second-order valence-electron chi connectivity index (χ2n) is 11.0. The summed E-state index contributed by atoms with van der Waals surface area (Å²) in [5.41, 5.74) is 4.72. The number of ether oxygens (including phenoxy) is 1. The van der Waals surface area contributed by atoms with Gasteiger partial charge in [-0.15, -0.1) is 0 Å². The van der Waals surface area contributed by atoms with E-state index in [4.69, 9.17) is 27.9 Å². The zero-order valence-corrected chi connectivity index (χ0v) is 22.7. The van der Waals surface area contributed by atoms with E-state index in [0.717, 1.165) is 36.0 Å². The lowest BCUT2D eigenvalue weighted by molar-refractivity contribution is 0.0655. The van der Waals surface area contributed by atoms with Crippen molar-refractivity contribution in [2.75, 3.05) is 18.5 Å². The van der Waals surface area contributed by atoms with E-state index in [0.29, 0.717) is 51.1 Å². The van der Waals surface area contributed by atoms with Gasteiger partial charge in [-0.05, 0) is 86.7 Å².